The second-order valence-corrected chi connectivity index (χ2v) is 6.50. The van der Waals surface area contributed by atoms with Crippen LogP contribution in [-0.4, -0.2) is 25.2 Å². The van der Waals surface area contributed by atoms with Crippen molar-refractivity contribution in [1.29, 1.82) is 0 Å². The minimum Gasteiger partial charge on any atom is -0.376 e. The van der Waals surface area contributed by atoms with Gasteiger partial charge in [-0.05, 0) is 50.0 Å². The number of aryl methyl sites for hydroxylation is 1. The number of ether oxygens (including phenoxy) is 1. The lowest BCUT2D eigenvalue weighted by Gasteiger charge is -2.18. The molecule has 1 aromatic carbocycles. The number of carbonyl (C=O) groups is 1. The van der Waals surface area contributed by atoms with Gasteiger partial charge in [0.1, 0.15) is 0 Å². The second kappa shape index (κ2) is 6.61. The van der Waals surface area contributed by atoms with Gasteiger partial charge in [0.2, 0.25) is 5.91 Å². The molecule has 2 atom stereocenters. The van der Waals surface area contributed by atoms with Crippen molar-refractivity contribution < 1.29 is 9.53 Å². The molecule has 114 valence electrons. The lowest BCUT2D eigenvalue weighted by molar-refractivity contribution is -0.122. The largest absolute Gasteiger partial charge is 0.376 e. The highest BCUT2D eigenvalue weighted by molar-refractivity contribution is 5.77. The molecular formula is C18H25NO2. The van der Waals surface area contributed by atoms with Gasteiger partial charge in [-0.3, -0.25) is 4.79 Å². The van der Waals surface area contributed by atoms with E-state index in [9.17, 15) is 4.79 Å². The number of hydrogen-bond acceptors (Lipinski definition) is 2. The fraction of sp³-hybridized carbons (Fsp3) is 0.611. The van der Waals surface area contributed by atoms with Crippen molar-refractivity contribution in [2.75, 3.05) is 13.2 Å². The van der Waals surface area contributed by atoms with Gasteiger partial charge in [-0.15, -0.1) is 0 Å². The lowest BCUT2D eigenvalue weighted by Crippen LogP contribution is -2.32. The minimum atomic E-state index is 0.169. The van der Waals surface area contributed by atoms with E-state index in [4.69, 9.17) is 4.74 Å². The molecule has 0 bridgehead atoms. The predicted molar refractivity (Wildman–Crippen MR) is 83.2 cm³/mol. The van der Waals surface area contributed by atoms with E-state index in [1.54, 1.807) is 0 Å². The standard InChI is InChI=1S/C18H25NO2/c1-13-4-6-14(7-5-13)17(15-8-9-15)11-18(20)19-12-16-3-2-10-21-16/h4-7,15-17H,2-3,8-12H2,1H3,(H,19,20). The molecule has 2 aliphatic rings. The quantitative estimate of drug-likeness (QED) is 0.872. The number of benzene rings is 1. The van der Waals surface area contributed by atoms with Crippen LogP contribution in [0.15, 0.2) is 24.3 Å². The maximum atomic E-state index is 12.2. The average Bonchev–Trinajstić information content (AvgIpc) is 3.19. The van der Waals surface area contributed by atoms with Gasteiger partial charge in [-0.2, -0.15) is 0 Å². The van der Waals surface area contributed by atoms with Gasteiger partial charge in [-0.25, -0.2) is 0 Å². The van der Waals surface area contributed by atoms with Gasteiger partial charge in [-0.1, -0.05) is 29.8 Å². The van der Waals surface area contributed by atoms with Crippen molar-refractivity contribution in [3.05, 3.63) is 35.4 Å². The molecule has 21 heavy (non-hydrogen) atoms. The monoisotopic (exact) mass is 287 g/mol. The van der Waals surface area contributed by atoms with Crippen molar-refractivity contribution in [2.24, 2.45) is 5.92 Å². The van der Waals surface area contributed by atoms with Crippen LogP contribution in [0.1, 0.15) is 49.1 Å². The number of rotatable bonds is 6. The van der Waals surface area contributed by atoms with Crippen LogP contribution in [0.4, 0.5) is 0 Å². The highest BCUT2D eigenvalue weighted by atomic mass is 16.5. The van der Waals surface area contributed by atoms with Crippen LogP contribution in [0, 0.1) is 12.8 Å². The Kier molecular flexibility index (Phi) is 4.59. The molecule has 1 N–H and O–H groups in total. The molecule has 3 heteroatoms. The van der Waals surface area contributed by atoms with E-state index in [1.165, 1.54) is 24.0 Å². The third-order valence-electron chi connectivity index (χ3n) is 4.65. The highest BCUT2D eigenvalue weighted by Crippen LogP contribution is 2.44. The molecule has 0 radical (unpaired) electrons. The fourth-order valence-electron chi connectivity index (χ4n) is 3.17. The Morgan fingerprint density at radius 3 is 2.67 bits per heavy atom. The summed E-state index contributed by atoms with van der Waals surface area (Å²) in [5, 5.41) is 3.05. The molecule has 1 aliphatic carbocycles. The van der Waals surface area contributed by atoms with Crippen molar-refractivity contribution in [1.82, 2.24) is 5.32 Å². The van der Waals surface area contributed by atoms with E-state index in [-0.39, 0.29) is 12.0 Å². The zero-order chi connectivity index (χ0) is 14.7. The predicted octanol–water partition coefficient (Wildman–Crippen LogP) is 3.17. The van der Waals surface area contributed by atoms with E-state index in [0.717, 1.165) is 19.4 Å². The first kappa shape index (κ1) is 14.6. The maximum absolute atomic E-state index is 12.2. The number of nitrogens with one attached hydrogen (secondary N) is 1. The molecule has 0 aromatic heterocycles. The Morgan fingerprint density at radius 2 is 2.05 bits per heavy atom. The van der Waals surface area contributed by atoms with Crippen molar-refractivity contribution in [3.63, 3.8) is 0 Å². The first-order valence-electron chi connectivity index (χ1n) is 8.17. The summed E-state index contributed by atoms with van der Waals surface area (Å²) < 4.78 is 5.55. The molecule has 1 heterocycles. The second-order valence-electron chi connectivity index (χ2n) is 6.50. The van der Waals surface area contributed by atoms with Gasteiger partial charge in [0, 0.05) is 19.6 Å². The van der Waals surface area contributed by atoms with Gasteiger partial charge >= 0.3 is 0 Å². The Bertz CT molecular complexity index is 472. The number of carbonyl (C=O) groups excluding carboxylic acids is 1. The summed E-state index contributed by atoms with van der Waals surface area (Å²) in [6.07, 6.45) is 5.56. The summed E-state index contributed by atoms with van der Waals surface area (Å²) in [4.78, 5) is 12.2. The normalized spacial score (nSPS) is 23.0. The van der Waals surface area contributed by atoms with E-state index >= 15 is 0 Å². The van der Waals surface area contributed by atoms with E-state index in [2.05, 4.69) is 36.5 Å². The lowest BCUT2D eigenvalue weighted by atomic mass is 9.90. The van der Waals surface area contributed by atoms with Gasteiger partial charge in [0.25, 0.3) is 0 Å². The zero-order valence-electron chi connectivity index (χ0n) is 12.8. The first-order valence-corrected chi connectivity index (χ1v) is 8.17. The zero-order valence-corrected chi connectivity index (χ0v) is 12.8. The molecular weight excluding hydrogens is 262 g/mol. The van der Waals surface area contributed by atoms with Crippen LogP contribution in [0.25, 0.3) is 0 Å². The van der Waals surface area contributed by atoms with Gasteiger partial charge in [0.05, 0.1) is 6.10 Å². The minimum absolute atomic E-state index is 0.169. The van der Waals surface area contributed by atoms with E-state index in [1.807, 2.05) is 0 Å². The molecule has 1 saturated carbocycles. The van der Waals surface area contributed by atoms with Crippen molar-refractivity contribution in [3.8, 4) is 0 Å². The van der Waals surface area contributed by atoms with Crippen LogP contribution in [0.5, 0.6) is 0 Å². The van der Waals surface area contributed by atoms with Crippen LogP contribution >= 0.6 is 0 Å². The topological polar surface area (TPSA) is 38.3 Å². The van der Waals surface area contributed by atoms with Crippen LogP contribution in [0.2, 0.25) is 0 Å². The molecule has 2 unspecified atom stereocenters. The molecule has 1 saturated heterocycles. The molecule has 3 rings (SSSR count). The van der Waals surface area contributed by atoms with E-state index in [0.29, 0.717) is 24.8 Å². The van der Waals surface area contributed by atoms with E-state index < -0.39 is 0 Å². The summed E-state index contributed by atoms with van der Waals surface area (Å²) >= 11 is 0. The fourth-order valence-corrected chi connectivity index (χ4v) is 3.17. The molecule has 2 fully saturated rings. The molecule has 0 spiro atoms. The molecule has 3 nitrogen and oxygen atoms in total. The van der Waals surface area contributed by atoms with Gasteiger partial charge < -0.3 is 10.1 Å². The van der Waals surface area contributed by atoms with Crippen LogP contribution in [0.3, 0.4) is 0 Å². The highest BCUT2D eigenvalue weighted by Gasteiger charge is 2.33. The summed E-state index contributed by atoms with van der Waals surface area (Å²) in [6.45, 7) is 3.61. The summed E-state index contributed by atoms with van der Waals surface area (Å²) in [5.41, 5.74) is 2.59. The smallest absolute Gasteiger partial charge is 0.220 e. The maximum Gasteiger partial charge on any atom is 0.220 e. The molecule has 1 aromatic rings. The SMILES string of the molecule is Cc1ccc(C(CC(=O)NCC2CCCO2)C2CC2)cc1. The third kappa shape index (κ3) is 4.07. The molecule has 1 aliphatic heterocycles. The number of amides is 1. The Hall–Kier alpha value is -1.35. The van der Waals surface area contributed by atoms with Crippen molar-refractivity contribution >= 4 is 5.91 Å². The van der Waals surface area contributed by atoms with Gasteiger partial charge in [0.15, 0.2) is 0 Å². The third-order valence-corrected chi connectivity index (χ3v) is 4.65. The van der Waals surface area contributed by atoms with Crippen LogP contribution in [-0.2, 0) is 9.53 Å². The summed E-state index contributed by atoms with van der Waals surface area (Å²) in [5.74, 6) is 1.25. The summed E-state index contributed by atoms with van der Waals surface area (Å²) in [6, 6.07) is 8.67. The number of hydrogen-bond donors (Lipinski definition) is 1. The first-order chi connectivity index (χ1) is 10.2. The average molecular weight is 287 g/mol. The Morgan fingerprint density at radius 1 is 1.29 bits per heavy atom. The molecule has 1 amide bonds. The Balaban J connectivity index is 1.54. The summed E-state index contributed by atoms with van der Waals surface area (Å²) in [7, 11) is 0. The van der Waals surface area contributed by atoms with Crippen molar-refractivity contribution in [2.45, 2.75) is 51.0 Å². The van der Waals surface area contributed by atoms with Crippen LogP contribution < -0.4 is 5.32 Å². The Labute approximate surface area is 127 Å².